The minimum absolute atomic E-state index is 0.127. The van der Waals surface area contributed by atoms with Gasteiger partial charge in [-0.25, -0.2) is 4.79 Å². The summed E-state index contributed by atoms with van der Waals surface area (Å²) in [6.45, 7) is 4.80. The minimum Gasteiger partial charge on any atom is -0.479 e. The van der Waals surface area contributed by atoms with Gasteiger partial charge in [0.25, 0.3) is 13.9 Å². The van der Waals surface area contributed by atoms with E-state index in [1.54, 1.807) is 30.3 Å². The molecule has 9 heteroatoms. The van der Waals surface area contributed by atoms with Crippen molar-refractivity contribution in [2.24, 2.45) is 0 Å². The van der Waals surface area contributed by atoms with Gasteiger partial charge < -0.3 is 19.0 Å². The zero-order valence-electron chi connectivity index (χ0n) is 22.4. The van der Waals surface area contributed by atoms with E-state index in [-0.39, 0.29) is 24.7 Å². The number of ether oxygens (including phenoxy) is 2. The van der Waals surface area contributed by atoms with Crippen LogP contribution in [0.4, 0.5) is 13.2 Å². The largest absolute Gasteiger partial charge is 0.479 e. The molecule has 0 aromatic heterocycles. The first-order chi connectivity index (χ1) is 18.4. The highest BCUT2D eigenvalue weighted by molar-refractivity contribution is 6.99. The second-order valence-electron chi connectivity index (χ2n) is 10.3. The molecule has 0 saturated heterocycles. The molecular weight excluding hydrogens is 525 g/mol. The van der Waals surface area contributed by atoms with Crippen LogP contribution in [0, 0.1) is 0 Å². The molecule has 0 heterocycles. The number of hydrogen-bond donors (Lipinski definition) is 1. The molecule has 3 aromatic carbocycles. The zero-order chi connectivity index (χ0) is 28.6. The summed E-state index contributed by atoms with van der Waals surface area (Å²) in [5.41, 5.74) is -3.06. The number of hydrogen-bond acceptors (Lipinski definition) is 4. The molecule has 0 aliphatic rings. The van der Waals surface area contributed by atoms with Crippen molar-refractivity contribution in [1.82, 2.24) is 0 Å². The first-order valence-corrected chi connectivity index (χ1v) is 14.7. The van der Waals surface area contributed by atoms with Crippen molar-refractivity contribution in [2.75, 3.05) is 19.8 Å². The van der Waals surface area contributed by atoms with Crippen LogP contribution in [0.15, 0.2) is 91.0 Å². The Bertz CT molecular complexity index is 1130. The quantitative estimate of drug-likeness (QED) is 0.219. The Morgan fingerprint density at radius 2 is 1.28 bits per heavy atom. The van der Waals surface area contributed by atoms with Crippen LogP contribution in [0.25, 0.3) is 0 Å². The number of carboxylic acids is 1. The summed E-state index contributed by atoms with van der Waals surface area (Å²) in [4.78, 5) is 11.8. The van der Waals surface area contributed by atoms with Gasteiger partial charge in [0.05, 0.1) is 13.2 Å². The predicted octanol–water partition coefficient (Wildman–Crippen LogP) is 5.57. The van der Waals surface area contributed by atoms with E-state index in [0.717, 1.165) is 10.4 Å². The normalized spacial score (nSPS) is 14.1. The van der Waals surface area contributed by atoms with E-state index in [1.807, 2.05) is 36.4 Å². The summed E-state index contributed by atoms with van der Waals surface area (Å²) < 4.78 is 58.9. The highest BCUT2D eigenvalue weighted by Gasteiger charge is 2.63. The molecule has 39 heavy (non-hydrogen) atoms. The zero-order valence-corrected chi connectivity index (χ0v) is 23.4. The maximum atomic E-state index is 14.0. The molecule has 1 unspecified atom stereocenters. The smallest absolute Gasteiger partial charge is 0.430 e. The molecule has 0 fully saturated rings. The molecule has 5 nitrogen and oxygen atoms in total. The van der Waals surface area contributed by atoms with Gasteiger partial charge in [-0.1, -0.05) is 112 Å². The summed E-state index contributed by atoms with van der Waals surface area (Å²) >= 11 is 0. The fraction of sp³-hybridized carbons (Fsp3) is 0.367. The van der Waals surface area contributed by atoms with Gasteiger partial charge in [0.15, 0.2) is 0 Å². The highest BCUT2D eigenvalue weighted by atomic mass is 28.4. The van der Waals surface area contributed by atoms with Gasteiger partial charge in [-0.2, -0.15) is 13.2 Å². The number of halogens is 3. The predicted molar refractivity (Wildman–Crippen MR) is 147 cm³/mol. The lowest BCUT2D eigenvalue weighted by Crippen LogP contribution is -2.66. The second-order valence-corrected chi connectivity index (χ2v) is 14.6. The van der Waals surface area contributed by atoms with Gasteiger partial charge in [0.1, 0.15) is 0 Å². The Balaban J connectivity index is 1.71. The molecule has 3 rings (SSSR count). The Morgan fingerprint density at radius 1 is 0.795 bits per heavy atom. The maximum absolute atomic E-state index is 14.0. The van der Waals surface area contributed by atoms with Gasteiger partial charge in [-0.05, 0) is 27.4 Å². The number of benzene rings is 3. The Morgan fingerprint density at radius 3 is 1.72 bits per heavy atom. The first kappa shape index (κ1) is 30.6. The van der Waals surface area contributed by atoms with Crippen molar-refractivity contribution >= 4 is 24.7 Å². The van der Waals surface area contributed by atoms with Gasteiger partial charge in [-0.3, -0.25) is 0 Å². The van der Waals surface area contributed by atoms with E-state index < -0.39 is 39.3 Å². The molecule has 0 spiro atoms. The average molecular weight is 561 g/mol. The molecule has 0 aliphatic carbocycles. The molecule has 1 atom stereocenters. The molecule has 1 N–H and O–H groups in total. The van der Waals surface area contributed by atoms with E-state index >= 15 is 0 Å². The number of aliphatic carboxylic acids is 1. The first-order valence-electron chi connectivity index (χ1n) is 12.7. The lowest BCUT2D eigenvalue weighted by atomic mass is 10.0. The van der Waals surface area contributed by atoms with Gasteiger partial charge >= 0.3 is 12.1 Å². The van der Waals surface area contributed by atoms with Crippen LogP contribution < -0.4 is 10.4 Å². The van der Waals surface area contributed by atoms with E-state index in [1.165, 1.54) is 0 Å². The Hall–Kier alpha value is -2.98. The molecule has 0 amide bonds. The minimum atomic E-state index is -5.18. The standard InChI is InChI=1S/C30H35F3O5Si/c1-28(2,3)39(25-16-9-5-10-17-25,26-18-11-6-12-19-26)38-21-13-20-36-23-29(27(34)35,30(31,32)33)37-22-24-14-7-4-8-15-24/h4-12,14-19H,13,20-23H2,1-3H3,(H,34,35). The monoisotopic (exact) mass is 560 g/mol. The van der Waals surface area contributed by atoms with Gasteiger partial charge in [-0.15, -0.1) is 0 Å². The van der Waals surface area contributed by atoms with Crippen LogP contribution in [0.3, 0.4) is 0 Å². The van der Waals surface area contributed by atoms with Crippen LogP contribution in [0.5, 0.6) is 0 Å². The van der Waals surface area contributed by atoms with E-state index in [0.29, 0.717) is 5.56 Å². The molecule has 0 aliphatic heterocycles. The van der Waals surface area contributed by atoms with Crippen LogP contribution in [-0.2, 0) is 25.3 Å². The fourth-order valence-electron chi connectivity index (χ4n) is 4.59. The summed E-state index contributed by atoms with van der Waals surface area (Å²) in [6, 6.07) is 28.1. The van der Waals surface area contributed by atoms with Crippen molar-refractivity contribution in [3.63, 3.8) is 0 Å². The van der Waals surface area contributed by atoms with Crippen molar-refractivity contribution in [1.29, 1.82) is 0 Å². The van der Waals surface area contributed by atoms with Gasteiger partial charge in [0.2, 0.25) is 0 Å². The van der Waals surface area contributed by atoms with Crippen LogP contribution in [0.2, 0.25) is 5.04 Å². The molecule has 0 bridgehead atoms. The lowest BCUT2D eigenvalue weighted by Gasteiger charge is -2.43. The number of rotatable bonds is 13. The van der Waals surface area contributed by atoms with Crippen LogP contribution in [-0.4, -0.2) is 51.0 Å². The topological polar surface area (TPSA) is 65.0 Å². The van der Waals surface area contributed by atoms with Gasteiger partial charge in [0, 0.05) is 13.2 Å². The highest BCUT2D eigenvalue weighted by Crippen LogP contribution is 2.37. The maximum Gasteiger partial charge on any atom is 0.430 e. The average Bonchev–Trinajstić information content (AvgIpc) is 2.90. The SMILES string of the molecule is CC(C)(C)[Si](OCCCOCC(OCc1ccccc1)(C(=O)O)C(F)(F)F)(c1ccccc1)c1ccccc1. The number of carbonyl (C=O) groups is 1. The molecule has 3 aromatic rings. The number of alkyl halides is 3. The summed E-state index contributed by atoms with van der Waals surface area (Å²) in [5, 5.41) is 11.5. The third kappa shape index (κ3) is 6.97. The van der Waals surface area contributed by atoms with E-state index in [4.69, 9.17) is 13.9 Å². The third-order valence-electron chi connectivity index (χ3n) is 6.61. The third-order valence-corrected chi connectivity index (χ3v) is 11.6. The molecular formula is C30H35F3O5Si. The van der Waals surface area contributed by atoms with Crippen molar-refractivity contribution < 1.29 is 37.0 Å². The van der Waals surface area contributed by atoms with Crippen molar-refractivity contribution in [2.45, 2.75) is 50.6 Å². The van der Waals surface area contributed by atoms with Crippen LogP contribution in [0.1, 0.15) is 32.8 Å². The number of carboxylic acid groups (broad SMARTS) is 1. The summed E-state index contributed by atoms with van der Waals surface area (Å²) in [5.74, 6) is -2.14. The second kappa shape index (κ2) is 12.9. The van der Waals surface area contributed by atoms with Crippen molar-refractivity contribution in [3.8, 4) is 0 Å². The fourth-order valence-corrected chi connectivity index (χ4v) is 9.20. The van der Waals surface area contributed by atoms with Crippen LogP contribution >= 0.6 is 0 Å². The lowest BCUT2D eigenvalue weighted by molar-refractivity contribution is -0.290. The summed E-state index contributed by atoms with van der Waals surface area (Å²) in [6.07, 6.45) is -4.91. The van der Waals surface area contributed by atoms with E-state index in [2.05, 4.69) is 45.0 Å². The van der Waals surface area contributed by atoms with E-state index in [9.17, 15) is 23.1 Å². The molecule has 0 radical (unpaired) electrons. The Labute approximate surface area is 228 Å². The molecule has 0 saturated carbocycles. The molecule has 210 valence electrons. The Kier molecular flexibility index (Phi) is 10.1. The van der Waals surface area contributed by atoms with Crippen molar-refractivity contribution in [3.05, 3.63) is 96.6 Å². The summed E-state index contributed by atoms with van der Waals surface area (Å²) in [7, 11) is -2.80.